The molecular weight excluding hydrogens is 464 g/mol. The van der Waals surface area contributed by atoms with Gasteiger partial charge in [-0.15, -0.1) is 0 Å². The minimum absolute atomic E-state index is 0.00635. The van der Waals surface area contributed by atoms with Crippen molar-refractivity contribution in [2.75, 3.05) is 30.1 Å². The molecule has 1 aromatic heterocycles. The van der Waals surface area contributed by atoms with Crippen LogP contribution in [0.25, 0.3) is 10.9 Å². The first-order valence-electron chi connectivity index (χ1n) is 10.9. The smallest absolute Gasteiger partial charge is 0.262 e. The topological polar surface area (TPSA) is 102 Å². The Morgan fingerprint density at radius 3 is 2.46 bits per heavy atom. The Bertz CT molecular complexity index is 1410. The summed E-state index contributed by atoms with van der Waals surface area (Å²) in [4.78, 5) is 43.1. The molecule has 0 spiro atoms. The van der Waals surface area contributed by atoms with Gasteiger partial charge in [-0.25, -0.2) is 4.98 Å². The van der Waals surface area contributed by atoms with Crippen molar-refractivity contribution in [3.63, 3.8) is 0 Å². The third kappa shape index (κ3) is 5.95. The van der Waals surface area contributed by atoms with Crippen LogP contribution in [0.2, 0.25) is 0 Å². The van der Waals surface area contributed by atoms with Gasteiger partial charge >= 0.3 is 0 Å². The van der Waals surface area contributed by atoms with Gasteiger partial charge in [-0.1, -0.05) is 54.2 Å². The Labute approximate surface area is 206 Å². The van der Waals surface area contributed by atoms with Crippen molar-refractivity contribution in [2.45, 2.75) is 11.7 Å². The number of hydrogen-bond donors (Lipinski definition) is 2. The average Bonchev–Trinajstić information content (AvgIpc) is 2.88. The molecule has 0 bridgehead atoms. The number of nitrogens with one attached hydrogen (secondary N) is 2. The van der Waals surface area contributed by atoms with Crippen molar-refractivity contribution in [3.8, 4) is 0 Å². The molecule has 4 aromatic rings. The molecule has 0 radical (unpaired) electrons. The van der Waals surface area contributed by atoms with Gasteiger partial charge in [0.15, 0.2) is 5.16 Å². The van der Waals surface area contributed by atoms with E-state index in [4.69, 9.17) is 4.74 Å². The van der Waals surface area contributed by atoms with E-state index >= 15 is 0 Å². The van der Waals surface area contributed by atoms with E-state index in [-0.39, 0.29) is 23.1 Å². The van der Waals surface area contributed by atoms with Gasteiger partial charge in [0.1, 0.15) is 0 Å². The van der Waals surface area contributed by atoms with Crippen LogP contribution in [0.15, 0.2) is 88.8 Å². The quantitative estimate of drug-likeness (QED) is 0.273. The Hall–Kier alpha value is -3.95. The SMILES string of the molecule is COCCn1c(SCC(=O)Nc2ccccc2C(=O)Nc2ccccc2)nc2ccccc2c1=O. The molecule has 2 N–H and O–H groups in total. The van der Waals surface area contributed by atoms with Crippen LogP contribution in [0.4, 0.5) is 11.4 Å². The van der Waals surface area contributed by atoms with Crippen LogP contribution in [0, 0.1) is 0 Å². The van der Waals surface area contributed by atoms with Crippen molar-refractivity contribution < 1.29 is 14.3 Å². The standard InChI is InChI=1S/C26H24N4O4S/c1-34-16-15-30-25(33)20-12-6-8-14-22(20)29-26(30)35-17-23(31)28-21-13-7-5-11-19(21)24(32)27-18-9-3-2-4-10-18/h2-14H,15-17H2,1H3,(H,27,32)(H,28,31). The maximum atomic E-state index is 13.0. The predicted octanol–water partition coefficient (Wildman–Crippen LogP) is 4.03. The van der Waals surface area contributed by atoms with E-state index < -0.39 is 0 Å². The molecule has 0 atom stereocenters. The van der Waals surface area contributed by atoms with Crippen molar-refractivity contribution in [1.29, 1.82) is 0 Å². The van der Waals surface area contributed by atoms with E-state index in [1.807, 2.05) is 24.3 Å². The highest BCUT2D eigenvalue weighted by Crippen LogP contribution is 2.21. The Morgan fingerprint density at radius 2 is 1.66 bits per heavy atom. The summed E-state index contributed by atoms with van der Waals surface area (Å²) in [6.45, 7) is 0.656. The van der Waals surface area contributed by atoms with Gasteiger partial charge in [-0.05, 0) is 36.4 Å². The number of thioether (sulfide) groups is 1. The van der Waals surface area contributed by atoms with Gasteiger partial charge in [-0.3, -0.25) is 19.0 Å². The maximum Gasteiger partial charge on any atom is 0.262 e. The largest absolute Gasteiger partial charge is 0.383 e. The van der Waals surface area contributed by atoms with Crippen LogP contribution in [-0.4, -0.2) is 40.8 Å². The highest BCUT2D eigenvalue weighted by Gasteiger charge is 2.16. The first-order valence-corrected chi connectivity index (χ1v) is 11.9. The first kappa shape index (κ1) is 24.2. The van der Waals surface area contributed by atoms with Gasteiger partial charge in [0.2, 0.25) is 5.91 Å². The van der Waals surface area contributed by atoms with Crippen LogP contribution in [-0.2, 0) is 16.1 Å². The van der Waals surface area contributed by atoms with Crippen molar-refractivity contribution in [3.05, 3.63) is 94.8 Å². The molecule has 2 amide bonds. The molecule has 3 aromatic carbocycles. The number of benzene rings is 3. The zero-order chi connectivity index (χ0) is 24.6. The second-order valence-electron chi connectivity index (χ2n) is 7.56. The van der Waals surface area contributed by atoms with E-state index in [0.29, 0.717) is 46.1 Å². The molecule has 1 heterocycles. The van der Waals surface area contributed by atoms with E-state index in [1.165, 1.54) is 4.57 Å². The van der Waals surface area contributed by atoms with Crippen molar-refractivity contribution in [1.82, 2.24) is 9.55 Å². The zero-order valence-electron chi connectivity index (χ0n) is 19.1. The maximum absolute atomic E-state index is 13.0. The highest BCUT2D eigenvalue weighted by atomic mass is 32.2. The number of carbonyl (C=O) groups is 2. The fourth-order valence-electron chi connectivity index (χ4n) is 3.46. The molecule has 0 fully saturated rings. The van der Waals surface area contributed by atoms with Crippen LogP contribution in [0.3, 0.4) is 0 Å². The Morgan fingerprint density at radius 1 is 0.943 bits per heavy atom. The third-order valence-electron chi connectivity index (χ3n) is 5.16. The minimum atomic E-state index is -0.329. The molecule has 0 unspecified atom stereocenters. The summed E-state index contributed by atoms with van der Waals surface area (Å²) >= 11 is 1.15. The van der Waals surface area contributed by atoms with Gasteiger partial charge in [0.25, 0.3) is 11.5 Å². The predicted molar refractivity (Wildman–Crippen MR) is 138 cm³/mol. The molecule has 0 saturated heterocycles. The molecule has 4 rings (SSSR count). The normalized spacial score (nSPS) is 10.8. The summed E-state index contributed by atoms with van der Waals surface area (Å²) < 4.78 is 6.66. The molecule has 0 aliphatic carbocycles. The lowest BCUT2D eigenvalue weighted by Crippen LogP contribution is -2.26. The minimum Gasteiger partial charge on any atom is -0.383 e. The number of anilines is 2. The molecular formula is C26H24N4O4S. The number of hydrogen-bond acceptors (Lipinski definition) is 6. The second-order valence-corrected chi connectivity index (χ2v) is 8.51. The summed E-state index contributed by atoms with van der Waals surface area (Å²) in [6.07, 6.45) is 0. The van der Waals surface area contributed by atoms with Gasteiger partial charge in [-0.2, -0.15) is 0 Å². The van der Waals surface area contributed by atoms with E-state index in [1.54, 1.807) is 61.7 Å². The number of rotatable bonds is 9. The van der Waals surface area contributed by atoms with Gasteiger partial charge in [0, 0.05) is 12.8 Å². The number of para-hydroxylation sites is 3. The van der Waals surface area contributed by atoms with Crippen molar-refractivity contribution in [2.24, 2.45) is 0 Å². The van der Waals surface area contributed by atoms with Crippen LogP contribution in [0.1, 0.15) is 10.4 Å². The number of carbonyl (C=O) groups excluding carboxylic acids is 2. The van der Waals surface area contributed by atoms with Gasteiger partial charge in [0.05, 0.1) is 41.1 Å². The molecule has 0 aliphatic rings. The number of nitrogens with zero attached hydrogens (tertiary/aromatic N) is 2. The number of amides is 2. The first-order chi connectivity index (χ1) is 17.1. The molecule has 0 saturated carbocycles. The van der Waals surface area contributed by atoms with E-state index in [2.05, 4.69) is 15.6 Å². The molecule has 0 aliphatic heterocycles. The third-order valence-corrected chi connectivity index (χ3v) is 6.13. The zero-order valence-corrected chi connectivity index (χ0v) is 19.9. The van der Waals surface area contributed by atoms with Crippen LogP contribution >= 0.6 is 11.8 Å². The number of ether oxygens (including phenoxy) is 1. The summed E-state index contributed by atoms with van der Waals surface area (Å²) in [5, 5.41) is 6.56. The fraction of sp³-hybridized carbons (Fsp3) is 0.154. The monoisotopic (exact) mass is 488 g/mol. The lowest BCUT2D eigenvalue weighted by Gasteiger charge is -2.14. The summed E-state index contributed by atoms with van der Waals surface area (Å²) in [5.74, 6) is -0.646. The van der Waals surface area contributed by atoms with E-state index in [0.717, 1.165) is 11.8 Å². The fourth-order valence-corrected chi connectivity index (χ4v) is 4.29. The molecule has 178 valence electrons. The summed E-state index contributed by atoms with van der Waals surface area (Å²) in [7, 11) is 1.56. The highest BCUT2D eigenvalue weighted by molar-refractivity contribution is 7.99. The molecule has 35 heavy (non-hydrogen) atoms. The average molecular weight is 489 g/mol. The Kier molecular flexibility index (Phi) is 7.92. The van der Waals surface area contributed by atoms with Crippen LogP contribution < -0.4 is 16.2 Å². The summed E-state index contributed by atoms with van der Waals surface area (Å²) in [5.41, 5.74) is 1.78. The summed E-state index contributed by atoms with van der Waals surface area (Å²) in [6, 6.07) is 23.0. The molecule has 9 heteroatoms. The second kappa shape index (κ2) is 11.5. The van der Waals surface area contributed by atoms with E-state index in [9.17, 15) is 14.4 Å². The Balaban J connectivity index is 1.49. The van der Waals surface area contributed by atoms with Crippen LogP contribution in [0.5, 0.6) is 0 Å². The lowest BCUT2D eigenvalue weighted by atomic mass is 10.1. The number of fused-ring (bicyclic) bond motifs is 1. The lowest BCUT2D eigenvalue weighted by molar-refractivity contribution is -0.113. The van der Waals surface area contributed by atoms with Crippen molar-refractivity contribution >= 4 is 45.9 Å². The number of methoxy groups -OCH3 is 1. The molecule has 8 nitrogen and oxygen atoms in total. The number of aromatic nitrogens is 2. The van der Waals surface area contributed by atoms with Gasteiger partial charge < -0.3 is 15.4 Å².